The highest BCUT2D eigenvalue weighted by atomic mass is 35.5. The van der Waals surface area contributed by atoms with Crippen LogP contribution in [-0.2, 0) is 6.54 Å². The molecule has 18 heavy (non-hydrogen) atoms. The van der Waals surface area contributed by atoms with E-state index in [4.69, 9.17) is 9.47 Å². The van der Waals surface area contributed by atoms with Crippen LogP contribution in [0.15, 0.2) is 12.1 Å². The molecule has 1 N–H and O–H groups in total. The molecule has 0 saturated carbocycles. The number of ether oxygens (including phenoxy) is 2. The molecule has 0 saturated heterocycles. The number of pyridine rings is 1. The summed E-state index contributed by atoms with van der Waals surface area (Å²) in [6.45, 7) is 8.64. The van der Waals surface area contributed by atoms with Gasteiger partial charge in [-0.3, -0.25) is 0 Å². The second kappa shape index (κ2) is 6.81. The Hall–Kier alpha value is -1.00. The lowest BCUT2D eigenvalue weighted by molar-refractivity contribution is 0.161. The van der Waals surface area contributed by atoms with Gasteiger partial charge in [0.25, 0.3) is 0 Å². The van der Waals surface area contributed by atoms with E-state index >= 15 is 0 Å². The molecule has 102 valence electrons. The maximum absolute atomic E-state index is 5.77. The van der Waals surface area contributed by atoms with Crippen molar-refractivity contribution in [1.29, 1.82) is 0 Å². The first kappa shape index (κ1) is 15.1. The zero-order valence-electron chi connectivity index (χ0n) is 11.1. The number of rotatable bonds is 3. The Kier molecular flexibility index (Phi) is 5.69. The maximum Gasteiger partial charge on any atom is 0.221 e. The van der Waals surface area contributed by atoms with E-state index in [-0.39, 0.29) is 18.5 Å². The molecule has 5 heteroatoms. The van der Waals surface area contributed by atoms with E-state index in [0.29, 0.717) is 24.3 Å². The van der Waals surface area contributed by atoms with Crippen molar-refractivity contribution in [3.63, 3.8) is 0 Å². The number of halogens is 1. The van der Waals surface area contributed by atoms with Crippen LogP contribution in [0.1, 0.15) is 26.3 Å². The highest BCUT2D eigenvalue weighted by Crippen LogP contribution is 2.22. The fourth-order valence-corrected chi connectivity index (χ4v) is 1.55. The summed E-state index contributed by atoms with van der Waals surface area (Å²) in [5, 5.41) is 3.28. The van der Waals surface area contributed by atoms with E-state index in [0.717, 1.165) is 18.7 Å². The van der Waals surface area contributed by atoms with E-state index in [1.165, 1.54) is 0 Å². The predicted molar refractivity (Wildman–Crippen MR) is 73.6 cm³/mol. The van der Waals surface area contributed by atoms with Crippen molar-refractivity contribution in [3.8, 4) is 11.8 Å². The van der Waals surface area contributed by atoms with Gasteiger partial charge in [-0.1, -0.05) is 13.8 Å². The minimum absolute atomic E-state index is 0. The number of aromatic nitrogens is 1. The molecule has 0 aromatic carbocycles. The fraction of sp³-hybridized carbons (Fsp3) is 0.615. The fourth-order valence-electron chi connectivity index (χ4n) is 1.55. The molecule has 0 radical (unpaired) electrons. The zero-order valence-corrected chi connectivity index (χ0v) is 11.9. The lowest BCUT2D eigenvalue weighted by Gasteiger charge is -2.18. The lowest BCUT2D eigenvalue weighted by Crippen LogP contribution is -2.19. The standard InChI is InChI=1S/C13H20N2O2.ClH/c1-9(2)10(3)17-12-5-4-11-8-14-6-7-16-13(11)15-12;/h4-5,9-10,14H,6-8H2,1-3H3;1H/t10-;/m0./s1. The molecule has 1 aromatic rings. The van der Waals surface area contributed by atoms with Crippen LogP contribution >= 0.6 is 12.4 Å². The highest BCUT2D eigenvalue weighted by Gasteiger charge is 2.14. The molecular formula is C13H21ClN2O2. The summed E-state index contributed by atoms with van der Waals surface area (Å²) in [4.78, 5) is 4.41. The van der Waals surface area contributed by atoms with Crippen molar-refractivity contribution in [2.75, 3.05) is 13.2 Å². The Morgan fingerprint density at radius 2 is 2.11 bits per heavy atom. The van der Waals surface area contributed by atoms with Crippen molar-refractivity contribution in [2.24, 2.45) is 5.92 Å². The molecule has 2 rings (SSSR count). The van der Waals surface area contributed by atoms with Gasteiger partial charge in [-0.15, -0.1) is 12.4 Å². The van der Waals surface area contributed by atoms with Gasteiger partial charge in [0.1, 0.15) is 6.61 Å². The van der Waals surface area contributed by atoms with Crippen LogP contribution in [-0.4, -0.2) is 24.2 Å². The molecule has 1 aliphatic rings. The van der Waals surface area contributed by atoms with Crippen LogP contribution in [0.4, 0.5) is 0 Å². The largest absolute Gasteiger partial charge is 0.476 e. The average Bonchev–Trinajstić information content (AvgIpc) is 2.53. The van der Waals surface area contributed by atoms with E-state index in [1.807, 2.05) is 12.1 Å². The number of fused-ring (bicyclic) bond motifs is 1. The Bertz CT molecular complexity index is 385. The molecule has 0 fully saturated rings. The van der Waals surface area contributed by atoms with Crippen LogP contribution in [0.2, 0.25) is 0 Å². The highest BCUT2D eigenvalue weighted by molar-refractivity contribution is 5.85. The number of hydrogen-bond acceptors (Lipinski definition) is 4. The van der Waals surface area contributed by atoms with Gasteiger partial charge in [-0.05, 0) is 18.9 Å². The molecule has 4 nitrogen and oxygen atoms in total. The minimum atomic E-state index is 0. The SMILES string of the molecule is CC(C)[C@H](C)Oc1ccc2c(n1)OCCNC2.Cl. The third-order valence-corrected chi connectivity index (χ3v) is 2.99. The third-order valence-electron chi connectivity index (χ3n) is 2.99. The third kappa shape index (κ3) is 3.75. The summed E-state index contributed by atoms with van der Waals surface area (Å²) in [6.07, 6.45) is 0.157. The molecule has 0 spiro atoms. The van der Waals surface area contributed by atoms with Crippen LogP contribution in [0, 0.1) is 5.92 Å². The van der Waals surface area contributed by atoms with Crippen LogP contribution in [0.25, 0.3) is 0 Å². The van der Waals surface area contributed by atoms with Gasteiger partial charge < -0.3 is 14.8 Å². The summed E-state index contributed by atoms with van der Waals surface area (Å²) in [5.74, 6) is 1.81. The normalized spacial score (nSPS) is 16.0. The van der Waals surface area contributed by atoms with Crippen molar-refractivity contribution >= 4 is 12.4 Å². The zero-order chi connectivity index (χ0) is 12.3. The lowest BCUT2D eigenvalue weighted by atomic mass is 10.1. The van der Waals surface area contributed by atoms with Gasteiger partial charge in [-0.2, -0.15) is 4.98 Å². The summed E-state index contributed by atoms with van der Waals surface area (Å²) >= 11 is 0. The second-order valence-corrected chi connectivity index (χ2v) is 4.71. The summed E-state index contributed by atoms with van der Waals surface area (Å²) in [6, 6.07) is 3.93. The van der Waals surface area contributed by atoms with Crippen LogP contribution in [0.5, 0.6) is 11.8 Å². The predicted octanol–water partition coefficient (Wildman–Crippen LogP) is 2.41. The molecule has 1 aromatic heterocycles. The molecule has 0 amide bonds. The summed E-state index contributed by atoms with van der Waals surface area (Å²) in [7, 11) is 0. The van der Waals surface area contributed by atoms with Crippen LogP contribution < -0.4 is 14.8 Å². The van der Waals surface area contributed by atoms with Crippen molar-refractivity contribution in [3.05, 3.63) is 17.7 Å². The topological polar surface area (TPSA) is 43.4 Å². The monoisotopic (exact) mass is 272 g/mol. The van der Waals surface area contributed by atoms with Gasteiger partial charge in [0.2, 0.25) is 11.8 Å². The quantitative estimate of drug-likeness (QED) is 0.918. The number of hydrogen-bond donors (Lipinski definition) is 1. The van der Waals surface area contributed by atoms with Gasteiger partial charge in [0, 0.05) is 24.7 Å². The Morgan fingerprint density at radius 1 is 1.33 bits per heavy atom. The Morgan fingerprint density at radius 3 is 2.83 bits per heavy atom. The smallest absolute Gasteiger partial charge is 0.221 e. The van der Waals surface area contributed by atoms with Gasteiger partial charge >= 0.3 is 0 Å². The van der Waals surface area contributed by atoms with Crippen molar-refractivity contribution in [1.82, 2.24) is 10.3 Å². The molecule has 0 aliphatic carbocycles. The Balaban J connectivity index is 0.00000162. The molecular weight excluding hydrogens is 252 g/mol. The summed E-state index contributed by atoms with van der Waals surface area (Å²) in [5.41, 5.74) is 1.09. The molecule has 1 atom stereocenters. The maximum atomic E-state index is 5.77. The molecule has 1 aliphatic heterocycles. The van der Waals surface area contributed by atoms with Gasteiger partial charge in [0.15, 0.2) is 0 Å². The van der Waals surface area contributed by atoms with Crippen LogP contribution in [0.3, 0.4) is 0 Å². The molecule has 2 heterocycles. The Labute approximate surface area is 114 Å². The van der Waals surface area contributed by atoms with Crippen molar-refractivity contribution < 1.29 is 9.47 Å². The minimum Gasteiger partial charge on any atom is -0.476 e. The van der Waals surface area contributed by atoms with Gasteiger partial charge in [0.05, 0.1) is 6.10 Å². The van der Waals surface area contributed by atoms with E-state index in [1.54, 1.807) is 0 Å². The second-order valence-electron chi connectivity index (χ2n) is 4.71. The van der Waals surface area contributed by atoms with Gasteiger partial charge in [-0.25, -0.2) is 0 Å². The van der Waals surface area contributed by atoms with Crippen molar-refractivity contribution in [2.45, 2.75) is 33.4 Å². The molecule has 0 bridgehead atoms. The summed E-state index contributed by atoms with van der Waals surface area (Å²) < 4.78 is 11.3. The van der Waals surface area contributed by atoms with E-state index < -0.39 is 0 Å². The first-order chi connectivity index (χ1) is 8.16. The van der Waals surface area contributed by atoms with E-state index in [2.05, 4.69) is 31.1 Å². The molecule has 0 unspecified atom stereocenters. The first-order valence-electron chi connectivity index (χ1n) is 6.17. The average molecular weight is 273 g/mol. The number of nitrogens with one attached hydrogen (secondary N) is 1. The number of nitrogens with zero attached hydrogens (tertiary/aromatic N) is 1. The van der Waals surface area contributed by atoms with E-state index in [9.17, 15) is 0 Å². The first-order valence-corrected chi connectivity index (χ1v) is 6.17.